The highest BCUT2D eigenvalue weighted by Gasteiger charge is 2.31. The number of hydrogen-bond donors (Lipinski definition) is 1. The summed E-state index contributed by atoms with van der Waals surface area (Å²) in [6, 6.07) is 23.1. The van der Waals surface area contributed by atoms with Gasteiger partial charge in [-0.05, 0) is 54.3 Å². The molecule has 0 aromatic heterocycles. The van der Waals surface area contributed by atoms with Crippen LogP contribution in [0.25, 0.3) is 0 Å². The third-order valence-electron chi connectivity index (χ3n) is 5.90. The van der Waals surface area contributed by atoms with Crippen molar-refractivity contribution in [3.63, 3.8) is 0 Å². The standard InChI is InChI=1S/C25H23NO5S.CH4/c27-25-15-18(16-32(28,29)26-25)17-9-11-20(12-10-17)31-24-14-13-22-21(24)7-4-8-23(22)30-19-5-2-1-3-6-19;/h1-12,18,24H,13-16H2,(H,26,27);1H4/t18?,24-;/m1./s1. The monoisotopic (exact) mass is 465 g/mol. The molecule has 0 bridgehead atoms. The second-order valence-corrected chi connectivity index (χ2v) is 9.93. The Morgan fingerprint density at radius 1 is 0.879 bits per heavy atom. The molecule has 172 valence electrons. The number of sulfonamides is 1. The lowest BCUT2D eigenvalue weighted by molar-refractivity contribution is -0.119. The van der Waals surface area contributed by atoms with Gasteiger partial charge in [-0.1, -0.05) is 49.9 Å². The number of amides is 1. The Kier molecular flexibility index (Phi) is 6.42. The van der Waals surface area contributed by atoms with Crippen LogP contribution >= 0.6 is 0 Å². The van der Waals surface area contributed by atoms with Gasteiger partial charge in [-0.3, -0.25) is 9.52 Å². The Balaban J connectivity index is 0.00000259. The van der Waals surface area contributed by atoms with Crippen molar-refractivity contribution in [1.29, 1.82) is 0 Å². The summed E-state index contributed by atoms with van der Waals surface area (Å²) in [5.74, 6) is 1.49. The summed E-state index contributed by atoms with van der Waals surface area (Å²) in [5.41, 5.74) is 3.11. The molecule has 7 heteroatoms. The summed E-state index contributed by atoms with van der Waals surface area (Å²) in [6.07, 6.45) is 1.82. The highest BCUT2D eigenvalue weighted by molar-refractivity contribution is 7.90. The molecule has 2 atom stereocenters. The molecule has 33 heavy (non-hydrogen) atoms. The summed E-state index contributed by atoms with van der Waals surface area (Å²) >= 11 is 0. The Hall–Kier alpha value is -3.32. The number of ether oxygens (including phenoxy) is 2. The Labute approximate surface area is 194 Å². The Bertz CT molecular complexity index is 1240. The van der Waals surface area contributed by atoms with Gasteiger partial charge in [0, 0.05) is 17.9 Å². The second kappa shape index (κ2) is 9.27. The van der Waals surface area contributed by atoms with Gasteiger partial charge in [-0.2, -0.15) is 0 Å². The Morgan fingerprint density at radius 3 is 2.36 bits per heavy atom. The molecule has 1 heterocycles. The smallest absolute Gasteiger partial charge is 0.235 e. The van der Waals surface area contributed by atoms with Gasteiger partial charge in [0.05, 0.1) is 5.75 Å². The number of benzene rings is 3. The second-order valence-electron chi connectivity index (χ2n) is 8.16. The molecule has 2 aliphatic rings. The van der Waals surface area contributed by atoms with Gasteiger partial charge >= 0.3 is 0 Å². The van der Waals surface area contributed by atoms with E-state index in [1.54, 1.807) is 0 Å². The van der Waals surface area contributed by atoms with Crippen LogP contribution in [-0.2, 0) is 21.2 Å². The molecule has 3 aromatic carbocycles. The predicted molar refractivity (Wildman–Crippen MR) is 127 cm³/mol. The lowest BCUT2D eigenvalue weighted by Crippen LogP contribution is -2.40. The third kappa shape index (κ3) is 5.03. The molecular formula is C26H27NO5S. The van der Waals surface area contributed by atoms with Crippen molar-refractivity contribution in [3.8, 4) is 17.2 Å². The number of carbonyl (C=O) groups is 1. The van der Waals surface area contributed by atoms with Crippen molar-refractivity contribution >= 4 is 15.9 Å². The van der Waals surface area contributed by atoms with Crippen LogP contribution < -0.4 is 14.2 Å². The number of carbonyl (C=O) groups excluding carboxylic acids is 1. The van der Waals surface area contributed by atoms with Crippen molar-refractivity contribution in [2.45, 2.75) is 38.7 Å². The fraction of sp³-hybridized carbons (Fsp3) is 0.269. The van der Waals surface area contributed by atoms with Crippen LogP contribution in [0, 0.1) is 0 Å². The fourth-order valence-electron chi connectivity index (χ4n) is 4.42. The van der Waals surface area contributed by atoms with Crippen molar-refractivity contribution < 1.29 is 22.7 Å². The Morgan fingerprint density at radius 2 is 1.64 bits per heavy atom. The van der Waals surface area contributed by atoms with Crippen LogP contribution in [0.2, 0.25) is 0 Å². The van der Waals surface area contributed by atoms with Gasteiger partial charge in [0.15, 0.2) is 0 Å². The molecule has 6 nitrogen and oxygen atoms in total. The zero-order valence-electron chi connectivity index (χ0n) is 17.4. The van der Waals surface area contributed by atoms with Crippen LogP contribution in [0.4, 0.5) is 0 Å². The molecule has 0 saturated carbocycles. The normalized spacial score (nSPS) is 20.8. The van der Waals surface area contributed by atoms with Crippen LogP contribution in [0.5, 0.6) is 17.2 Å². The van der Waals surface area contributed by atoms with Crippen LogP contribution in [0.3, 0.4) is 0 Å². The average molecular weight is 466 g/mol. The molecular weight excluding hydrogens is 438 g/mol. The number of rotatable bonds is 5. The van der Waals surface area contributed by atoms with E-state index in [2.05, 4.69) is 6.07 Å². The molecule has 0 radical (unpaired) electrons. The van der Waals surface area contributed by atoms with Crippen molar-refractivity contribution in [1.82, 2.24) is 4.72 Å². The lowest BCUT2D eigenvalue weighted by atomic mass is 9.97. The SMILES string of the molecule is C.O=C1CC(c2ccc(O[C@@H]3CCc4c(Oc5ccccc5)cccc43)cc2)CS(=O)(=O)N1. The summed E-state index contributed by atoms with van der Waals surface area (Å²) in [4.78, 5) is 11.7. The van der Waals surface area contributed by atoms with Crippen molar-refractivity contribution in [3.05, 3.63) is 89.5 Å². The molecule has 0 spiro atoms. The molecule has 1 N–H and O–H groups in total. The zero-order valence-corrected chi connectivity index (χ0v) is 18.2. The van der Waals surface area contributed by atoms with Gasteiger partial charge in [0.1, 0.15) is 23.4 Å². The largest absolute Gasteiger partial charge is 0.486 e. The van der Waals surface area contributed by atoms with Gasteiger partial charge in [0.2, 0.25) is 15.9 Å². The highest BCUT2D eigenvalue weighted by atomic mass is 32.2. The topological polar surface area (TPSA) is 81.7 Å². The minimum atomic E-state index is -3.56. The quantitative estimate of drug-likeness (QED) is 0.566. The van der Waals surface area contributed by atoms with Gasteiger partial charge < -0.3 is 9.47 Å². The van der Waals surface area contributed by atoms with E-state index in [4.69, 9.17) is 9.47 Å². The molecule has 1 unspecified atom stereocenters. The summed E-state index contributed by atoms with van der Waals surface area (Å²) in [6.45, 7) is 0. The number of fused-ring (bicyclic) bond motifs is 1. The van der Waals surface area contributed by atoms with E-state index < -0.39 is 15.9 Å². The van der Waals surface area contributed by atoms with E-state index in [-0.39, 0.29) is 31.6 Å². The third-order valence-corrected chi connectivity index (χ3v) is 7.28. The first kappa shape index (κ1) is 22.9. The maximum absolute atomic E-state index is 11.8. The van der Waals surface area contributed by atoms with E-state index in [9.17, 15) is 13.2 Å². The maximum Gasteiger partial charge on any atom is 0.235 e. The van der Waals surface area contributed by atoms with E-state index in [0.29, 0.717) is 5.75 Å². The van der Waals surface area contributed by atoms with Crippen LogP contribution in [0.1, 0.15) is 49.0 Å². The van der Waals surface area contributed by atoms with E-state index >= 15 is 0 Å². The van der Waals surface area contributed by atoms with Crippen LogP contribution in [0.15, 0.2) is 72.8 Å². The van der Waals surface area contributed by atoms with Gasteiger partial charge in [-0.25, -0.2) is 8.42 Å². The molecule has 1 aliphatic carbocycles. The molecule has 1 aliphatic heterocycles. The fourth-order valence-corrected chi connectivity index (χ4v) is 5.77. The first-order valence-corrected chi connectivity index (χ1v) is 12.3. The van der Waals surface area contributed by atoms with Gasteiger partial charge in [0.25, 0.3) is 0 Å². The minimum absolute atomic E-state index is 0. The maximum atomic E-state index is 11.8. The van der Waals surface area contributed by atoms with Crippen molar-refractivity contribution in [2.75, 3.05) is 5.75 Å². The lowest BCUT2D eigenvalue weighted by Gasteiger charge is -2.23. The number of para-hydroxylation sites is 1. The first-order valence-electron chi connectivity index (χ1n) is 10.6. The van der Waals surface area contributed by atoms with E-state index in [1.807, 2.05) is 71.5 Å². The predicted octanol–water partition coefficient (Wildman–Crippen LogP) is 5.11. The molecule has 5 rings (SSSR count). The molecule has 1 fully saturated rings. The first-order chi connectivity index (χ1) is 15.5. The molecule has 1 amide bonds. The number of nitrogens with one attached hydrogen (secondary N) is 1. The zero-order chi connectivity index (χ0) is 22.1. The summed E-state index contributed by atoms with van der Waals surface area (Å²) in [5, 5.41) is 0. The average Bonchev–Trinajstić information content (AvgIpc) is 3.17. The summed E-state index contributed by atoms with van der Waals surface area (Å²) < 4.78 is 38.1. The minimum Gasteiger partial charge on any atom is -0.486 e. The van der Waals surface area contributed by atoms with Gasteiger partial charge in [-0.15, -0.1) is 0 Å². The van der Waals surface area contributed by atoms with Crippen LogP contribution in [-0.4, -0.2) is 20.1 Å². The molecule has 3 aromatic rings. The van der Waals surface area contributed by atoms with E-state index in [0.717, 1.165) is 41.0 Å². The molecule has 1 saturated heterocycles. The summed E-state index contributed by atoms with van der Waals surface area (Å²) in [7, 11) is -3.56. The van der Waals surface area contributed by atoms with Crippen molar-refractivity contribution in [2.24, 2.45) is 0 Å². The van der Waals surface area contributed by atoms with E-state index in [1.165, 1.54) is 0 Å². The highest BCUT2D eigenvalue weighted by Crippen LogP contribution is 2.41. The number of hydrogen-bond acceptors (Lipinski definition) is 5.